The van der Waals surface area contributed by atoms with Crippen LogP contribution in [0.5, 0.6) is 5.75 Å². The fourth-order valence-corrected chi connectivity index (χ4v) is 3.20. The molecule has 2 aliphatic heterocycles. The number of benzene rings is 1. The zero-order valence-electron chi connectivity index (χ0n) is 14.3. The summed E-state index contributed by atoms with van der Waals surface area (Å²) in [6.45, 7) is 5.66. The van der Waals surface area contributed by atoms with E-state index < -0.39 is 18.2 Å². The molecule has 1 aromatic rings. The number of esters is 1. The minimum atomic E-state index is -0.637. The molecule has 25 heavy (non-hydrogen) atoms. The van der Waals surface area contributed by atoms with E-state index in [1.807, 2.05) is 12.2 Å². The van der Waals surface area contributed by atoms with Crippen molar-refractivity contribution in [1.82, 2.24) is 0 Å². The molecule has 0 bridgehead atoms. The molecular formula is C19H21NO5. The van der Waals surface area contributed by atoms with Crippen molar-refractivity contribution < 1.29 is 23.8 Å². The summed E-state index contributed by atoms with van der Waals surface area (Å²) in [6.07, 6.45) is 2.95. The van der Waals surface area contributed by atoms with E-state index in [0.717, 1.165) is 5.57 Å². The largest absolute Gasteiger partial charge is 0.497 e. The Bertz CT molecular complexity index is 709. The first kappa shape index (κ1) is 17.2. The van der Waals surface area contributed by atoms with Gasteiger partial charge in [0.15, 0.2) is 6.10 Å². The van der Waals surface area contributed by atoms with E-state index in [4.69, 9.17) is 14.2 Å². The van der Waals surface area contributed by atoms with Gasteiger partial charge in [-0.15, -0.1) is 0 Å². The van der Waals surface area contributed by atoms with Crippen LogP contribution in [0.4, 0.5) is 5.69 Å². The van der Waals surface area contributed by atoms with Gasteiger partial charge in [0.2, 0.25) is 0 Å². The van der Waals surface area contributed by atoms with Crippen molar-refractivity contribution in [2.75, 3.05) is 18.6 Å². The van der Waals surface area contributed by atoms with Crippen molar-refractivity contribution in [3.8, 4) is 5.75 Å². The number of amides is 1. The van der Waals surface area contributed by atoms with E-state index in [9.17, 15) is 9.59 Å². The Labute approximate surface area is 146 Å². The molecule has 2 heterocycles. The summed E-state index contributed by atoms with van der Waals surface area (Å²) in [5.74, 6) is 0.162. The van der Waals surface area contributed by atoms with Crippen molar-refractivity contribution in [3.63, 3.8) is 0 Å². The second-order valence-corrected chi connectivity index (χ2v) is 6.06. The van der Waals surface area contributed by atoms with Crippen molar-refractivity contribution >= 4 is 17.6 Å². The maximum Gasteiger partial charge on any atom is 0.302 e. The van der Waals surface area contributed by atoms with E-state index in [2.05, 4.69) is 6.58 Å². The zero-order chi connectivity index (χ0) is 18.0. The van der Waals surface area contributed by atoms with Gasteiger partial charge in [-0.1, -0.05) is 24.3 Å². The van der Waals surface area contributed by atoms with Gasteiger partial charge in [0.25, 0.3) is 5.91 Å². The van der Waals surface area contributed by atoms with Crippen molar-refractivity contribution in [2.24, 2.45) is 0 Å². The first-order chi connectivity index (χ1) is 12.0. The van der Waals surface area contributed by atoms with Crippen LogP contribution in [-0.2, 0) is 19.1 Å². The number of anilines is 1. The summed E-state index contributed by atoms with van der Waals surface area (Å²) in [4.78, 5) is 25.8. The normalized spacial score (nSPS) is 27.3. The molecule has 0 spiro atoms. The fraction of sp³-hybridized carbons (Fsp3) is 0.368. The van der Waals surface area contributed by atoms with Crippen LogP contribution in [-0.4, -0.2) is 43.8 Å². The average Bonchev–Trinajstić information content (AvgIpc) is 2.64. The molecule has 3 atom stereocenters. The van der Waals surface area contributed by atoms with Gasteiger partial charge < -0.3 is 19.1 Å². The lowest BCUT2D eigenvalue weighted by atomic mass is 9.88. The Morgan fingerprint density at radius 2 is 2.04 bits per heavy atom. The summed E-state index contributed by atoms with van der Waals surface area (Å²) >= 11 is 0. The molecule has 1 aromatic carbocycles. The van der Waals surface area contributed by atoms with Crippen LogP contribution < -0.4 is 9.64 Å². The average molecular weight is 343 g/mol. The van der Waals surface area contributed by atoms with Crippen LogP contribution >= 0.6 is 0 Å². The van der Waals surface area contributed by atoms with E-state index in [-0.39, 0.29) is 11.9 Å². The lowest BCUT2D eigenvalue weighted by molar-refractivity contribution is -0.159. The Balaban J connectivity index is 1.92. The summed E-state index contributed by atoms with van der Waals surface area (Å²) in [5, 5.41) is 0. The summed E-state index contributed by atoms with van der Waals surface area (Å²) < 4.78 is 16.4. The second kappa shape index (κ2) is 7.11. The number of fused-ring (bicyclic) bond motifs is 1. The first-order valence-corrected chi connectivity index (χ1v) is 8.11. The number of rotatable bonds is 3. The lowest BCUT2D eigenvalue weighted by Crippen LogP contribution is -2.70. The topological polar surface area (TPSA) is 65.1 Å². The van der Waals surface area contributed by atoms with Gasteiger partial charge in [-0.2, -0.15) is 0 Å². The van der Waals surface area contributed by atoms with Gasteiger partial charge in [0.05, 0.1) is 13.7 Å². The smallest absolute Gasteiger partial charge is 0.302 e. The van der Waals surface area contributed by atoms with E-state index in [1.54, 1.807) is 36.3 Å². The Hall–Kier alpha value is -2.60. The minimum Gasteiger partial charge on any atom is -0.497 e. The molecule has 0 saturated carbocycles. The standard InChI is InChI=1S/C19H21NO5/c1-12-5-4-10-24-18-17(16(11-12)25-13(2)21)20(19(18)22)14-6-8-15(23-3)9-7-14/h4-9,16-18H,1,10-11H2,2-3H3/b5-4-/t16-,17+,18-/m1/s1. The van der Waals surface area contributed by atoms with E-state index >= 15 is 0 Å². The molecule has 132 valence electrons. The molecule has 0 radical (unpaired) electrons. The molecule has 1 saturated heterocycles. The highest BCUT2D eigenvalue weighted by Gasteiger charge is 2.54. The number of methoxy groups -OCH3 is 1. The molecule has 6 heteroatoms. The molecule has 1 amide bonds. The van der Waals surface area contributed by atoms with Crippen LogP contribution in [0.15, 0.2) is 48.6 Å². The second-order valence-electron chi connectivity index (χ2n) is 6.06. The molecular weight excluding hydrogens is 322 g/mol. The van der Waals surface area contributed by atoms with Gasteiger partial charge in [-0.3, -0.25) is 9.59 Å². The lowest BCUT2D eigenvalue weighted by Gasteiger charge is -2.49. The number of β-lactam (4-membered cyclic amide) rings is 1. The molecule has 1 fully saturated rings. The number of ether oxygens (including phenoxy) is 3. The minimum absolute atomic E-state index is 0.145. The highest BCUT2D eigenvalue weighted by atomic mass is 16.6. The molecule has 0 unspecified atom stereocenters. The van der Waals surface area contributed by atoms with Gasteiger partial charge >= 0.3 is 5.97 Å². The van der Waals surface area contributed by atoms with Crippen LogP contribution in [0.1, 0.15) is 13.3 Å². The van der Waals surface area contributed by atoms with Crippen LogP contribution in [0, 0.1) is 0 Å². The van der Waals surface area contributed by atoms with Crippen LogP contribution in [0.2, 0.25) is 0 Å². The summed E-state index contributed by atoms with van der Waals surface area (Å²) in [5.41, 5.74) is 1.54. The molecule has 0 N–H and O–H groups in total. The van der Waals surface area contributed by atoms with Gasteiger partial charge in [0, 0.05) is 19.0 Å². The van der Waals surface area contributed by atoms with Crippen molar-refractivity contribution in [1.29, 1.82) is 0 Å². The molecule has 3 rings (SSSR count). The number of allylic oxidation sites excluding steroid dienone is 1. The summed E-state index contributed by atoms with van der Waals surface area (Å²) in [6, 6.07) is 6.79. The van der Waals surface area contributed by atoms with Crippen LogP contribution in [0.3, 0.4) is 0 Å². The number of hydrogen-bond donors (Lipinski definition) is 0. The van der Waals surface area contributed by atoms with E-state index in [0.29, 0.717) is 24.5 Å². The first-order valence-electron chi connectivity index (χ1n) is 8.11. The monoisotopic (exact) mass is 343 g/mol. The van der Waals surface area contributed by atoms with Crippen molar-refractivity contribution in [3.05, 3.63) is 48.6 Å². The third-order valence-corrected chi connectivity index (χ3v) is 4.33. The third-order valence-electron chi connectivity index (χ3n) is 4.33. The quantitative estimate of drug-likeness (QED) is 0.622. The Morgan fingerprint density at radius 3 is 2.68 bits per heavy atom. The Kier molecular flexibility index (Phi) is 4.90. The van der Waals surface area contributed by atoms with E-state index in [1.165, 1.54) is 6.92 Å². The van der Waals surface area contributed by atoms with Gasteiger partial charge in [0.1, 0.15) is 17.9 Å². The molecule has 0 aliphatic carbocycles. The SMILES string of the molecule is C=C1/C=C\CO[C@H]2C(=O)N(c3ccc(OC)cc3)[C@H]2[C@H](OC(C)=O)C1. The van der Waals surface area contributed by atoms with Crippen LogP contribution in [0.25, 0.3) is 0 Å². The Morgan fingerprint density at radius 1 is 1.32 bits per heavy atom. The summed E-state index contributed by atoms with van der Waals surface area (Å²) in [7, 11) is 1.58. The molecule has 2 aliphatic rings. The third kappa shape index (κ3) is 3.44. The van der Waals surface area contributed by atoms with Gasteiger partial charge in [-0.25, -0.2) is 0 Å². The molecule has 6 nitrogen and oxygen atoms in total. The number of nitrogens with zero attached hydrogens (tertiary/aromatic N) is 1. The number of hydrogen-bond acceptors (Lipinski definition) is 5. The molecule has 0 aromatic heterocycles. The highest BCUT2D eigenvalue weighted by Crippen LogP contribution is 2.36. The zero-order valence-corrected chi connectivity index (χ0v) is 14.3. The fourth-order valence-electron chi connectivity index (χ4n) is 3.20. The van der Waals surface area contributed by atoms with Gasteiger partial charge in [-0.05, 0) is 24.3 Å². The number of carbonyl (C=O) groups is 2. The predicted molar refractivity (Wildman–Crippen MR) is 92.5 cm³/mol. The highest BCUT2D eigenvalue weighted by molar-refractivity contribution is 6.05. The predicted octanol–water partition coefficient (Wildman–Crippen LogP) is 2.24. The maximum absolute atomic E-state index is 12.6. The van der Waals surface area contributed by atoms with Crippen molar-refractivity contribution in [2.45, 2.75) is 31.6 Å². The maximum atomic E-state index is 12.6. The number of carbonyl (C=O) groups excluding carboxylic acids is 2.